The van der Waals surface area contributed by atoms with Crippen LogP contribution in [-0.2, 0) is 4.79 Å². The lowest BCUT2D eigenvalue weighted by Gasteiger charge is -2.23. The van der Waals surface area contributed by atoms with E-state index in [0.717, 1.165) is 31.7 Å². The van der Waals surface area contributed by atoms with Gasteiger partial charge in [0.1, 0.15) is 6.17 Å². The molecule has 1 atom stereocenters. The van der Waals surface area contributed by atoms with Crippen LogP contribution in [0.25, 0.3) is 0 Å². The summed E-state index contributed by atoms with van der Waals surface area (Å²) in [5.41, 5.74) is -0.242. The van der Waals surface area contributed by atoms with Crippen molar-refractivity contribution in [2.24, 2.45) is 5.92 Å². The van der Waals surface area contributed by atoms with Gasteiger partial charge in [0.25, 0.3) is 0 Å². The van der Waals surface area contributed by atoms with E-state index in [1.807, 2.05) is 0 Å². The fraction of sp³-hybridized carbons (Fsp3) is 0.706. The maximum atomic E-state index is 13.0. The average Bonchev–Trinajstić information content (AvgIpc) is 2.94. The monoisotopic (exact) mass is 304 g/mol. The van der Waals surface area contributed by atoms with Gasteiger partial charge in [-0.2, -0.15) is 0 Å². The molecule has 2 aliphatic carbocycles. The van der Waals surface area contributed by atoms with Crippen molar-refractivity contribution in [3.63, 3.8) is 0 Å². The van der Waals surface area contributed by atoms with Crippen LogP contribution < -0.4 is 5.32 Å². The Morgan fingerprint density at radius 2 is 2.14 bits per heavy atom. The van der Waals surface area contributed by atoms with Crippen LogP contribution in [0.1, 0.15) is 62.4 Å². The van der Waals surface area contributed by atoms with Gasteiger partial charge < -0.3 is 4.90 Å². The summed E-state index contributed by atoms with van der Waals surface area (Å²) in [6.45, 7) is 0.923. The normalized spacial score (nSPS) is 27.9. The largest absolute Gasteiger partial charge is 0.320 e. The second kappa shape index (κ2) is 5.40. The molecule has 1 aromatic rings. The molecule has 1 aromatic heterocycles. The van der Waals surface area contributed by atoms with Crippen molar-refractivity contribution in [2.75, 3.05) is 6.54 Å². The quantitative estimate of drug-likeness (QED) is 0.900. The van der Waals surface area contributed by atoms with E-state index >= 15 is 0 Å². The highest BCUT2D eigenvalue weighted by molar-refractivity contribution is 7.10. The summed E-state index contributed by atoms with van der Waals surface area (Å²) < 4.78 is 0. The fourth-order valence-electron chi connectivity index (χ4n) is 3.99. The molecular weight excluding hydrogens is 280 g/mol. The zero-order valence-corrected chi connectivity index (χ0v) is 13.3. The molecule has 1 spiro atoms. The summed E-state index contributed by atoms with van der Waals surface area (Å²) in [6, 6.07) is 4.26. The van der Waals surface area contributed by atoms with Gasteiger partial charge in [-0.05, 0) is 43.0 Å². The summed E-state index contributed by atoms with van der Waals surface area (Å²) >= 11 is 1.76. The Balaban J connectivity index is 1.52. The van der Waals surface area contributed by atoms with Gasteiger partial charge in [-0.25, -0.2) is 0 Å². The molecule has 114 valence electrons. The Hall–Kier alpha value is -0.870. The van der Waals surface area contributed by atoms with E-state index in [-0.39, 0.29) is 11.7 Å². The molecular formula is C17H24N2OS. The topological polar surface area (TPSA) is 32.3 Å². The predicted octanol–water partition coefficient (Wildman–Crippen LogP) is 3.68. The van der Waals surface area contributed by atoms with Gasteiger partial charge in [0, 0.05) is 11.4 Å². The molecule has 3 fully saturated rings. The van der Waals surface area contributed by atoms with Crippen LogP contribution >= 0.6 is 11.3 Å². The van der Waals surface area contributed by atoms with Crippen molar-refractivity contribution in [1.82, 2.24) is 10.2 Å². The summed E-state index contributed by atoms with van der Waals surface area (Å²) in [5.74, 6) is 1.32. The first kappa shape index (κ1) is 13.8. The number of nitrogens with one attached hydrogen (secondary N) is 1. The molecule has 4 heteroatoms. The second-order valence-electron chi connectivity index (χ2n) is 6.94. The highest BCUT2D eigenvalue weighted by Gasteiger charge is 2.52. The molecule has 2 saturated carbocycles. The van der Waals surface area contributed by atoms with Crippen molar-refractivity contribution in [1.29, 1.82) is 0 Å². The Bertz CT molecular complexity index is 503. The lowest BCUT2D eigenvalue weighted by atomic mass is 9.98. The number of amides is 1. The second-order valence-corrected chi connectivity index (χ2v) is 7.91. The van der Waals surface area contributed by atoms with E-state index in [2.05, 4.69) is 27.7 Å². The van der Waals surface area contributed by atoms with Gasteiger partial charge in [-0.1, -0.05) is 31.7 Å². The van der Waals surface area contributed by atoms with E-state index in [9.17, 15) is 4.79 Å². The first-order chi connectivity index (χ1) is 10.3. The van der Waals surface area contributed by atoms with E-state index in [0.29, 0.717) is 5.91 Å². The molecule has 1 N–H and O–H groups in total. The minimum atomic E-state index is -0.242. The zero-order chi connectivity index (χ0) is 14.3. The van der Waals surface area contributed by atoms with Crippen LogP contribution in [-0.4, -0.2) is 22.9 Å². The van der Waals surface area contributed by atoms with Crippen LogP contribution in [0.3, 0.4) is 0 Å². The maximum absolute atomic E-state index is 13.0. The standard InChI is InChI=1S/C17H24N2OS/c20-16-17(9-1-2-10-17)18-15(14-6-4-12-21-14)19(16)11-3-5-13-7-8-13/h4,6,12-13,15,18H,1-3,5,7-11H2. The van der Waals surface area contributed by atoms with Gasteiger partial charge >= 0.3 is 0 Å². The van der Waals surface area contributed by atoms with Gasteiger partial charge in [0.05, 0.1) is 5.54 Å². The SMILES string of the molecule is O=C1N(CCCC2CC2)C(c2cccs2)NC12CCCC2. The average molecular weight is 304 g/mol. The molecule has 0 aromatic carbocycles. The Morgan fingerprint density at radius 3 is 2.81 bits per heavy atom. The third kappa shape index (κ3) is 2.53. The van der Waals surface area contributed by atoms with Gasteiger partial charge in [-0.15, -0.1) is 11.3 Å². The maximum Gasteiger partial charge on any atom is 0.244 e. The molecule has 1 amide bonds. The Kier molecular flexibility index (Phi) is 3.54. The Morgan fingerprint density at radius 1 is 1.33 bits per heavy atom. The van der Waals surface area contributed by atoms with Crippen molar-refractivity contribution in [2.45, 2.75) is 63.1 Å². The molecule has 4 rings (SSSR count). The minimum absolute atomic E-state index is 0.120. The fourth-order valence-corrected chi connectivity index (χ4v) is 4.78. The first-order valence-electron chi connectivity index (χ1n) is 8.41. The predicted molar refractivity (Wildman–Crippen MR) is 85.1 cm³/mol. The van der Waals surface area contributed by atoms with Gasteiger partial charge in [0.2, 0.25) is 5.91 Å². The van der Waals surface area contributed by atoms with Crippen LogP contribution in [0.2, 0.25) is 0 Å². The van der Waals surface area contributed by atoms with E-state index in [1.165, 1.54) is 37.0 Å². The van der Waals surface area contributed by atoms with E-state index < -0.39 is 0 Å². The minimum Gasteiger partial charge on any atom is -0.320 e. The van der Waals surface area contributed by atoms with Gasteiger partial charge in [-0.3, -0.25) is 10.1 Å². The summed E-state index contributed by atoms with van der Waals surface area (Å²) in [6.07, 6.45) is 9.81. The van der Waals surface area contributed by atoms with E-state index in [4.69, 9.17) is 0 Å². The van der Waals surface area contributed by atoms with Crippen molar-refractivity contribution in [3.8, 4) is 0 Å². The summed E-state index contributed by atoms with van der Waals surface area (Å²) in [5, 5.41) is 5.82. The lowest BCUT2D eigenvalue weighted by molar-refractivity contribution is -0.133. The molecule has 3 aliphatic rings. The molecule has 1 saturated heterocycles. The number of carbonyl (C=O) groups is 1. The van der Waals surface area contributed by atoms with Crippen LogP contribution in [0, 0.1) is 5.92 Å². The molecule has 0 radical (unpaired) electrons. The van der Waals surface area contributed by atoms with Crippen molar-refractivity contribution >= 4 is 17.2 Å². The Labute approximate surface area is 130 Å². The van der Waals surface area contributed by atoms with Crippen LogP contribution in [0.4, 0.5) is 0 Å². The highest BCUT2D eigenvalue weighted by atomic mass is 32.1. The molecule has 0 bridgehead atoms. The third-order valence-corrected chi connectivity index (χ3v) is 6.30. The summed E-state index contributed by atoms with van der Waals surface area (Å²) in [7, 11) is 0. The number of rotatable bonds is 5. The van der Waals surface area contributed by atoms with Crippen LogP contribution in [0.15, 0.2) is 17.5 Å². The van der Waals surface area contributed by atoms with Crippen molar-refractivity contribution in [3.05, 3.63) is 22.4 Å². The lowest BCUT2D eigenvalue weighted by Crippen LogP contribution is -2.44. The number of hydrogen-bond donors (Lipinski definition) is 1. The summed E-state index contributed by atoms with van der Waals surface area (Å²) in [4.78, 5) is 16.4. The number of hydrogen-bond acceptors (Lipinski definition) is 3. The van der Waals surface area contributed by atoms with Crippen molar-refractivity contribution < 1.29 is 4.79 Å². The molecule has 2 heterocycles. The zero-order valence-electron chi connectivity index (χ0n) is 12.5. The number of carbonyl (C=O) groups excluding carboxylic acids is 1. The highest BCUT2D eigenvalue weighted by Crippen LogP contribution is 2.42. The smallest absolute Gasteiger partial charge is 0.244 e. The molecule has 1 unspecified atom stereocenters. The first-order valence-corrected chi connectivity index (χ1v) is 9.29. The van der Waals surface area contributed by atoms with Gasteiger partial charge in [0.15, 0.2) is 0 Å². The van der Waals surface area contributed by atoms with Crippen LogP contribution in [0.5, 0.6) is 0 Å². The third-order valence-electron chi connectivity index (χ3n) is 5.37. The number of thiophene rings is 1. The molecule has 21 heavy (non-hydrogen) atoms. The van der Waals surface area contributed by atoms with E-state index in [1.54, 1.807) is 11.3 Å². The molecule has 1 aliphatic heterocycles. The number of nitrogens with zero attached hydrogens (tertiary/aromatic N) is 1. The molecule has 3 nitrogen and oxygen atoms in total.